The van der Waals surface area contributed by atoms with Crippen molar-refractivity contribution < 1.29 is 15.0 Å². The van der Waals surface area contributed by atoms with E-state index >= 15 is 0 Å². The van der Waals surface area contributed by atoms with Crippen LogP contribution in [0.25, 0.3) is 0 Å². The highest BCUT2D eigenvalue weighted by atomic mass is 16.4. The number of nitrogens with zero attached hydrogens (tertiary/aromatic N) is 2. The third-order valence-electron chi connectivity index (χ3n) is 3.91. The number of hydrogen-bond donors (Lipinski definition) is 2. The van der Waals surface area contributed by atoms with Crippen molar-refractivity contribution in [3.05, 3.63) is 35.9 Å². The fourth-order valence-corrected chi connectivity index (χ4v) is 2.89. The van der Waals surface area contributed by atoms with E-state index in [1.807, 2.05) is 18.2 Å². The number of amides is 1. The van der Waals surface area contributed by atoms with Gasteiger partial charge in [0.2, 0.25) is 0 Å². The number of aliphatic hydroxyl groups excluding tert-OH is 1. The van der Waals surface area contributed by atoms with E-state index in [1.54, 1.807) is 7.05 Å². The number of carboxylic acid groups (broad SMARTS) is 1. The smallest absolute Gasteiger partial charge is 0.407 e. The quantitative estimate of drug-likeness (QED) is 0.856. The van der Waals surface area contributed by atoms with Crippen LogP contribution in [0.15, 0.2) is 30.3 Å². The molecule has 2 rings (SSSR count). The van der Waals surface area contributed by atoms with Crippen molar-refractivity contribution in [3.8, 4) is 0 Å². The summed E-state index contributed by atoms with van der Waals surface area (Å²) in [5.41, 5.74) is 1.22. The van der Waals surface area contributed by atoms with E-state index in [0.717, 1.165) is 19.5 Å². The van der Waals surface area contributed by atoms with Crippen molar-refractivity contribution in [1.29, 1.82) is 0 Å². The first-order valence-electron chi connectivity index (χ1n) is 6.93. The van der Waals surface area contributed by atoms with Crippen LogP contribution in [0.3, 0.4) is 0 Å². The average Bonchev–Trinajstić information content (AvgIpc) is 2.81. The molecule has 0 aliphatic carbocycles. The zero-order valence-corrected chi connectivity index (χ0v) is 11.8. The molecule has 0 aromatic heterocycles. The van der Waals surface area contributed by atoms with Crippen LogP contribution in [-0.2, 0) is 6.54 Å². The summed E-state index contributed by atoms with van der Waals surface area (Å²) in [4.78, 5) is 14.4. The summed E-state index contributed by atoms with van der Waals surface area (Å²) in [5.74, 6) is 0.289. The van der Waals surface area contributed by atoms with E-state index < -0.39 is 6.09 Å². The van der Waals surface area contributed by atoms with Gasteiger partial charge in [0.15, 0.2) is 0 Å². The van der Waals surface area contributed by atoms with E-state index in [4.69, 9.17) is 5.11 Å². The predicted molar refractivity (Wildman–Crippen MR) is 76.5 cm³/mol. The minimum atomic E-state index is -0.896. The SMILES string of the molecule is CN(C[C@H]1C[C@@H](CO)N(Cc2ccccc2)C1)C(=O)O. The minimum absolute atomic E-state index is 0.125. The number of carbonyl (C=O) groups is 1. The van der Waals surface area contributed by atoms with Gasteiger partial charge < -0.3 is 15.1 Å². The van der Waals surface area contributed by atoms with Crippen molar-refractivity contribution in [1.82, 2.24) is 9.80 Å². The Labute approximate surface area is 119 Å². The first-order valence-corrected chi connectivity index (χ1v) is 6.93. The Hall–Kier alpha value is -1.59. The molecular weight excluding hydrogens is 256 g/mol. The number of benzene rings is 1. The average molecular weight is 278 g/mol. The Kier molecular flexibility index (Phi) is 4.98. The molecular formula is C15H22N2O3. The Morgan fingerprint density at radius 1 is 1.40 bits per heavy atom. The normalized spacial score (nSPS) is 22.9. The third kappa shape index (κ3) is 3.71. The molecule has 1 fully saturated rings. The Bertz CT molecular complexity index is 438. The molecule has 1 saturated heterocycles. The maximum Gasteiger partial charge on any atom is 0.407 e. The third-order valence-corrected chi connectivity index (χ3v) is 3.91. The van der Waals surface area contributed by atoms with Gasteiger partial charge >= 0.3 is 6.09 Å². The lowest BCUT2D eigenvalue weighted by Gasteiger charge is -2.22. The van der Waals surface area contributed by atoms with Gasteiger partial charge in [-0.1, -0.05) is 30.3 Å². The van der Waals surface area contributed by atoms with E-state index in [2.05, 4.69) is 17.0 Å². The Balaban J connectivity index is 1.94. The van der Waals surface area contributed by atoms with E-state index in [-0.39, 0.29) is 18.6 Å². The highest BCUT2D eigenvalue weighted by Gasteiger charge is 2.32. The molecule has 1 heterocycles. The van der Waals surface area contributed by atoms with Gasteiger partial charge in [-0.15, -0.1) is 0 Å². The molecule has 0 bridgehead atoms. The van der Waals surface area contributed by atoms with Crippen molar-refractivity contribution >= 4 is 6.09 Å². The molecule has 1 aliphatic heterocycles. The topological polar surface area (TPSA) is 64.0 Å². The van der Waals surface area contributed by atoms with E-state index in [1.165, 1.54) is 10.5 Å². The van der Waals surface area contributed by atoms with Crippen LogP contribution in [-0.4, -0.2) is 58.9 Å². The molecule has 2 N–H and O–H groups in total. The van der Waals surface area contributed by atoms with Crippen molar-refractivity contribution in [2.24, 2.45) is 5.92 Å². The number of aliphatic hydroxyl groups is 1. The lowest BCUT2D eigenvalue weighted by atomic mass is 10.1. The fourth-order valence-electron chi connectivity index (χ4n) is 2.89. The molecule has 0 saturated carbocycles. The van der Waals surface area contributed by atoms with Gasteiger partial charge in [-0.25, -0.2) is 4.79 Å². The molecule has 0 spiro atoms. The summed E-state index contributed by atoms with van der Waals surface area (Å²) >= 11 is 0. The number of hydrogen-bond acceptors (Lipinski definition) is 3. The van der Waals surface area contributed by atoms with Crippen LogP contribution < -0.4 is 0 Å². The molecule has 0 unspecified atom stereocenters. The zero-order chi connectivity index (χ0) is 14.5. The van der Waals surface area contributed by atoms with Crippen LogP contribution >= 0.6 is 0 Å². The second kappa shape index (κ2) is 6.72. The van der Waals surface area contributed by atoms with Gasteiger partial charge in [-0.05, 0) is 17.9 Å². The minimum Gasteiger partial charge on any atom is -0.465 e. The highest BCUT2D eigenvalue weighted by molar-refractivity contribution is 5.64. The van der Waals surface area contributed by atoms with Crippen LogP contribution in [0.1, 0.15) is 12.0 Å². The highest BCUT2D eigenvalue weighted by Crippen LogP contribution is 2.25. The van der Waals surface area contributed by atoms with Gasteiger partial charge in [-0.2, -0.15) is 0 Å². The molecule has 2 atom stereocenters. The summed E-state index contributed by atoms with van der Waals surface area (Å²) in [7, 11) is 1.59. The van der Waals surface area contributed by atoms with Gasteiger partial charge in [0.05, 0.1) is 6.61 Å². The number of rotatable bonds is 5. The van der Waals surface area contributed by atoms with Crippen molar-refractivity contribution in [2.45, 2.75) is 19.0 Å². The Morgan fingerprint density at radius 2 is 2.10 bits per heavy atom. The maximum atomic E-state index is 10.9. The molecule has 1 amide bonds. The van der Waals surface area contributed by atoms with Crippen molar-refractivity contribution in [2.75, 3.05) is 26.7 Å². The van der Waals surface area contributed by atoms with Crippen LogP contribution in [0.2, 0.25) is 0 Å². The summed E-state index contributed by atoms with van der Waals surface area (Å²) in [6.07, 6.45) is -0.0481. The van der Waals surface area contributed by atoms with Gasteiger partial charge in [0.1, 0.15) is 0 Å². The second-order valence-electron chi connectivity index (χ2n) is 5.52. The molecule has 5 nitrogen and oxygen atoms in total. The largest absolute Gasteiger partial charge is 0.465 e. The molecule has 1 aliphatic rings. The van der Waals surface area contributed by atoms with Crippen LogP contribution in [0.4, 0.5) is 4.79 Å². The molecule has 1 aromatic carbocycles. The standard InChI is InChI=1S/C15H22N2O3/c1-16(15(19)20)8-13-7-14(11-18)17(10-13)9-12-5-3-2-4-6-12/h2-6,13-14,18H,7-11H2,1H3,(H,19,20)/t13-,14+/m1/s1. The van der Waals surface area contributed by atoms with Gasteiger partial charge in [-0.3, -0.25) is 4.90 Å². The lowest BCUT2D eigenvalue weighted by Crippen LogP contribution is -2.33. The number of likely N-dealkylation sites (tertiary alicyclic amines) is 1. The first kappa shape index (κ1) is 14.8. The summed E-state index contributed by atoms with van der Waals surface area (Å²) in [6.45, 7) is 2.29. The first-order chi connectivity index (χ1) is 9.60. The van der Waals surface area contributed by atoms with Gasteiger partial charge in [0, 0.05) is 32.7 Å². The molecule has 0 radical (unpaired) electrons. The maximum absolute atomic E-state index is 10.9. The van der Waals surface area contributed by atoms with Crippen LogP contribution in [0, 0.1) is 5.92 Å². The summed E-state index contributed by atoms with van der Waals surface area (Å²) in [5, 5.41) is 18.4. The Morgan fingerprint density at radius 3 is 2.70 bits per heavy atom. The van der Waals surface area contributed by atoms with Crippen molar-refractivity contribution in [3.63, 3.8) is 0 Å². The molecule has 110 valence electrons. The zero-order valence-electron chi connectivity index (χ0n) is 11.8. The van der Waals surface area contributed by atoms with Crippen LogP contribution in [0.5, 0.6) is 0 Å². The second-order valence-corrected chi connectivity index (χ2v) is 5.52. The van der Waals surface area contributed by atoms with E-state index in [0.29, 0.717) is 6.54 Å². The van der Waals surface area contributed by atoms with E-state index in [9.17, 15) is 9.90 Å². The summed E-state index contributed by atoms with van der Waals surface area (Å²) < 4.78 is 0. The molecule has 20 heavy (non-hydrogen) atoms. The van der Waals surface area contributed by atoms with Gasteiger partial charge in [0.25, 0.3) is 0 Å². The lowest BCUT2D eigenvalue weighted by molar-refractivity contribution is 0.147. The fraction of sp³-hybridized carbons (Fsp3) is 0.533. The molecule has 1 aromatic rings. The summed E-state index contributed by atoms with van der Waals surface area (Å²) in [6, 6.07) is 10.3. The predicted octanol–water partition coefficient (Wildman–Crippen LogP) is 1.48. The monoisotopic (exact) mass is 278 g/mol. The molecule has 5 heteroatoms.